The van der Waals surface area contributed by atoms with Crippen molar-refractivity contribution in [2.45, 2.75) is 38.6 Å². The summed E-state index contributed by atoms with van der Waals surface area (Å²) in [4.78, 5) is 15.0. The summed E-state index contributed by atoms with van der Waals surface area (Å²) in [7, 11) is -3.62. The van der Waals surface area contributed by atoms with E-state index in [1.54, 1.807) is 20.8 Å². The average molecular weight is 372 g/mol. The van der Waals surface area contributed by atoms with E-state index in [2.05, 4.69) is 15.2 Å². The number of nitrogens with zero attached hydrogens (tertiary/aromatic N) is 2. The van der Waals surface area contributed by atoms with E-state index in [1.165, 1.54) is 4.31 Å². The highest BCUT2D eigenvalue weighted by molar-refractivity contribution is 7.89. The van der Waals surface area contributed by atoms with E-state index >= 15 is 0 Å². The van der Waals surface area contributed by atoms with Gasteiger partial charge in [-0.05, 0) is 61.9 Å². The first kappa shape index (κ1) is 17.0. The van der Waals surface area contributed by atoms with Gasteiger partial charge in [0.25, 0.3) is 5.56 Å². The molecule has 0 fully saturated rings. The highest BCUT2D eigenvalue weighted by Gasteiger charge is 2.32. The van der Waals surface area contributed by atoms with E-state index in [0.717, 1.165) is 22.0 Å². The molecule has 1 aliphatic rings. The van der Waals surface area contributed by atoms with Crippen molar-refractivity contribution in [3.8, 4) is 0 Å². The Bertz CT molecular complexity index is 1170. The van der Waals surface area contributed by atoms with Gasteiger partial charge < -0.3 is 4.98 Å². The van der Waals surface area contributed by atoms with Crippen LogP contribution in [0.4, 0.5) is 0 Å². The number of aryl methyl sites for hydroxylation is 3. The van der Waals surface area contributed by atoms with Crippen LogP contribution in [0.1, 0.15) is 28.1 Å². The SMILES string of the molecule is Cc1n[nH]c(C)c1S(=O)(=O)N1CCc2cc3cc(C)c(=O)[nH]c3cc2C1. The maximum absolute atomic E-state index is 13.1. The zero-order valence-corrected chi connectivity index (χ0v) is 15.7. The van der Waals surface area contributed by atoms with Crippen LogP contribution in [0, 0.1) is 20.8 Å². The van der Waals surface area contributed by atoms with E-state index in [4.69, 9.17) is 0 Å². The number of hydrogen-bond donors (Lipinski definition) is 2. The fourth-order valence-corrected chi connectivity index (χ4v) is 5.36. The maximum Gasteiger partial charge on any atom is 0.251 e. The molecule has 0 radical (unpaired) electrons. The van der Waals surface area contributed by atoms with Gasteiger partial charge in [0.05, 0.1) is 11.4 Å². The van der Waals surface area contributed by atoms with Gasteiger partial charge in [-0.1, -0.05) is 0 Å². The number of hydrogen-bond acceptors (Lipinski definition) is 4. The Kier molecular flexibility index (Phi) is 3.78. The molecule has 26 heavy (non-hydrogen) atoms. The number of aromatic nitrogens is 3. The predicted octanol–water partition coefficient (Wildman–Crippen LogP) is 1.92. The number of rotatable bonds is 2. The number of H-pyrrole nitrogens is 2. The van der Waals surface area contributed by atoms with Crippen LogP contribution in [0.2, 0.25) is 0 Å². The minimum atomic E-state index is -3.62. The Balaban J connectivity index is 1.77. The Labute approximate surface area is 151 Å². The summed E-state index contributed by atoms with van der Waals surface area (Å²) in [5.74, 6) is 0. The van der Waals surface area contributed by atoms with E-state index in [1.807, 2.05) is 18.2 Å². The van der Waals surface area contributed by atoms with Crippen molar-refractivity contribution in [1.82, 2.24) is 19.5 Å². The summed E-state index contributed by atoms with van der Waals surface area (Å²) in [6, 6.07) is 5.81. The molecule has 1 aliphatic heterocycles. The normalized spacial score (nSPS) is 15.3. The molecule has 0 spiro atoms. The minimum Gasteiger partial charge on any atom is -0.322 e. The monoisotopic (exact) mass is 372 g/mol. The molecule has 0 amide bonds. The van der Waals surface area contributed by atoms with Crippen LogP contribution in [-0.2, 0) is 23.0 Å². The van der Waals surface area contributed by atoms with Crippen LogP contribution in [0.3, 0.4) is 0 Å². The summed E-state index contributed by atoms with van der Waals surface area (Å²) in [5, 5.41) is 7.72. The second kappa shape index (κ2) is 5.78. The molecule has 2 N–H and O–H groups in total. The molecule has 2 aromatic heterocycles. The van der Waals surface area contributed by atoms with Crippen LogP contribution in [0.25, 0.3) is 10.9 Å². The van der Waals surface area contributed by atoms with E-state index in [0.29, 0.717) is 29.9 Å². The van der Waals surface area contributed by atoms with Gasteiger partial charge in [0.1, 0.15) is 4.90 Å². The predicted molar refractivity (Wildman–Crippen MR) is 98.7 cm³/mol. The quantitative estimate of drug-likeness (QED) is 0.718. The largest absolute Gasteiger partial charge is 0.322 e. The van der Waals surface area contributed by atoms with Crippen molar-refractivity contribution in [3.63, 3.8) is 0 Å². The lowest BCUT2D eigenvalue weighted by Gasteiger charge is -2.28. The van der Waals surface area contributed by atoms with Gasteiger partial charge in [-0.3, -0.25) is 9.89 Å². The van der Waals surface area contributed by atoms with Crippen molar-refractivity contribution in [1.29, 1.82) is 0 Å². The third kappa shape index (κ3) is 2.57. The first-order chi connectivity index (χ1) is 12.3. The van der Waals surface area contributed by atoms with E-state index in [-0.39, 0.29) is 17.0 Å². The summed E-state index contributed by atoms with van der Waals surface area (Å²) < 4.78 is 27.6. The highest BCUT2D eigenvalue weighted by atomic mass is 32.2. The number of fused-ring (bicyclic) bond motifs is 2. The third-order valence-electron chi connectivity index (χ3n) is 4.99. The molecular formula is C18H20N4O3S. The van der Waals surface area contributed by atoms with Crippen molar-refractivity contribution in [2.24, 2.45) is 0 Å². The molecule has 8 heteroatoms. The van der Waals surface area contributed by atoms with Gasteiger partial charge in [-0.15, -0.1) is 0 Å². The smallest absolute Gasteiger partial charge is 0.251 e. The summed E-state index contributed by atoms with van der Waals surface area (Å²) in [6.45, 7) is 5.89. The maximum atomic E-state index is 13.1. The van der Waals surface area contributed by atoms with Gasteiger partial charge >= 0.3 is 0 Å². The average Bonchev–Trinajstić information content (AvgIpc) is 2.93. The van der Waals surface area contributed by atoms with Crippen LogP contribution in [0.5, 0.6) is 0 Å². The second-order valence-electron chi connectivity index (χ2n) is 6.84. The summed E-state index contributed by atoms with van der Waals surface area (Å²) in [6.07, 6.45) is 0.638. The summed E-state index contributed by atoms with van der Waals surface area (Å²) >= 11 is 0. The Morgan fingerprint density at radius 1 is 1.12 bits per heavy atom. The molecule has 3 heterocycles. The molecule has 136 valence electrons. The molecule has 0 saturated heterocycles. The van der Waals surface area contributed by atoms with Gasteiger partial charge in [0.2, 0.25) is 10.0 Å². The third-order valence-corrected chi connectivity index (χ3v) is 7.09. The van der Waals surface area contributed by atoms with Gasteiger partial charge in [-0.25, -0.2) is 8.42 Å². The molecule has 0 unspecified atom stereocenters. The van der Waals surface area contributed by atoms with Crippen molar-refractivity contribution < 1.29 is 8.42 Å². The van der Waals surface area contributed by atoms with Crippen molar-refractivity contribution in [3.05, 3.63) is 56.6 Å². The van der Waals surface area contributed by atoms with E-state index in [9.17, 15) is 13.2 Å². The zero-order valence-electron chi connectivity index (χ0n) is 14.9. The number of aromatic amines is 2. The Morgan fingerprint density at radius 2 is 1.88 bits per heavy atom. The van der Waals surface area contributed by atoms with Crippen molar-refractivity contribution >= 4 is 20.9 Å². The van der Waals surface area contributed by atoms with Crippen LogP contribution in [0.15, 0.2) is 27.9 Å². The second-order valence-corrected chi connectivity index (χ2v) is 8.72. The van der Waals surface area contributed by atoms with E-state index < -0.39 is 10.0 Å². The zero-order chi connectivity index (χ0) is 18.6. The number of pyridine rings is 1. The first-order valence-electron chi connectivity index (χ1n) is 8.44. The lowest BCUT2D eigenvalue weighted by atomic mass is 9.98. The molecule has 0 atom stereocenters. The lowest BCUT2D eigenvalue weighted by Crippen LogP contribution is -2.36. The fraction of sp³-hybridized carbons (Fsp3) is 0.333. The Hall–Kier alpha value is -2.45. The molecule has 3 aromatic rings. The van der Waals surface area contributed by atoms with Gasteiger partial charge in [0.15, 0.2) is 0 Å². The van der Waals surface area contributed by atoms with Gasteiger partial charge in [-0.2, -0.15) is 9.40 Å². The van der Waals surface area contributed by atoms with Crippen LogP contribution < -0.4 is 5.56 Å². The molecule has 1 aromatic carbocycles. The lowest BCUT2D eigenvalue weighted by molar-refractivity contribution is 0.391. The number of benzene rings is 1. The van der Waals surface area contributed by atoms with Gasteiger partial charge in [0, 0.05) is 24.2 Å². The molecule has 0 saturated carbocycles. The topological polar surface area (TPSA) is 98.9 Å². The Morgan fingerprint density at radius 3 is 2.58 bits per heavy atom. The number of sulfonamides is 1. The molecular weight excluding hydrogens is 352 g/mol. The molecule has 0 aliphatic carbocycles. The number of nitrogens with one attached hydrogen (secondary N) is 2. The highest BCUT2D eigenvalue weighted by Crippen LogP contribution is 2.29. The van der Waals surface area contributed by atoms with Crippen LogP contribution in [-0.4, -0.2) is 34.4 Å². The standard InChI is InChI=1S/C18H20N4O3S/c1-10-6-14-7-13-4-5-22(9-15(13)8-16(14)19-18(10)23)26(24,25)17-11(2)20-21-12(17)3/h6-8H,4-5,9H2,1-3H3,(H,19,23)(H,20,21). The fourth-order valence-electron chi connectivity index (χ4n) is 3.60. The molecule has 0 bridgehead atoms. The molecule has 7 nitrogen and oxygen atoms in total. The first-order valence-corrected chi connectivity index (χ1v) is 9.88. The minimum absolute atomic E-state index is 0.123. The summed E-state index contributed by atoms with van der Waals surface area (Å²) in [5.41, 5.74) is 4.35. The molecule has 4 rings (SSSR count). The van der Waals surface area contributed by atoms with Crippen LogP contribution >= 0.6 is 0 Å². The van der Waals surface area contributed by atoms with Crippen molar-refractivity contribution in [2.75, 3.05) is 6.54 Å².